The van der Waals surface area contributed by atoms with Crippen molar-refractivity contribution in [1.82, 2.24) is 24.6 Å². The second-order valence-electron chi connectivity index (χ2n) is 7.07. The highest BCUT2D eigenvalue weighted by Crippen LogP contribution is 2.21. The molecule has 1 fully saturated rings. The molecule has 2 aliphatic heterocycles. The van der Waals surface area contributed by atoms with Crippen LogP contribution in [0.5, 0.6) is 0 Å². The SMILES string of the molecule is O=C(CN1CCCCC1Cn1cncn1)N1CCc2ccccc2C1. The Morgan fingerprint density at radius 2 is 2.04 bits per heavy atom. The highest BCUT2D eigenvalue weighted by Gasteiger charge is 2.28. The largest absolute Gasteiger partial charge is 0.337 e. The van der Waals surface area contributed by atoms with Gasteiger partial charge in [0, 0.05) is 19.1 Å². The minimum Gasteiger partial charge on any atom is -0.337 e. The Hall–Kier alpha value is -2.21. The molecule has 1 amide bonds. The Bertz CT molecular complexity index is 714. The molecule has 0 spiro atoms. The number of nitrogens with zero attached hydrogens (tertiary/aromatic N) is 5. The molecule has 1 aromatic heterocycles. The van der Waals surface area contributed by atoms with Gasteiger partial charge in [-0.2, -0.15) is 5.10 Å². The summed E-state index contributed by atoms with van der Waals surface area (Å²) in [7, 11) is 0. The van der Waals surface area contributed by atoms with Gasteiger partial charge in [-0.05, 0) is 36.9 Å². The summed E-state index contributed by atoms with van der Waals surface area (Å²) in [6, 6.07) is 8.83. The third-order valence-electron chi connectivity index (χ3n) is 5.44. The van der Waals surface area contributed by atoms with Crippen molar-refractivity contribution in [3.8, 4) is 0 Å². The Labute approximate surface area is 148 Å². The second-order valence-corrected chi connectivity index (χ2v) is 7.07. The maximum Gasteiger partial charge on any atom is 0.237 e. The lowest BCUT2D eigenvalue weighted by molar-refractivity contribution is -0.134. The molecule has 2 aromatic rings. The highest BCUT2D eigenvalue weighted by molar-refractivity contribution is 5.78. The summed E-state index contributed by atoms with van der Waals surface area (Å²) >= 11 is 0. The average molecular weight is 339 g/mol. The molecule has 25 heavy (non-hydrogen) atoms. The van der Waals surface area contributed by atoms with E-state index in [1.165, 1.54) is 24.0 Å². The summed E-state index contributed by atoms with van der Waals surface area (Å²) in [6.45, 7) is 3.90. The smallest absolute Gasteiger partial charge is 0.237 e. The topological polar surface area (TPSA) is 54.3 Å². The first-order chi connectivity index (χ1) is 12.3. The molecular weight excluding hydrogens is 314 g/mol. The molecule has 1 saturated heterocycles. The summed E-state index contributed by atoms with van der Waals surface area (Å²) in [4.78, 5) is 21.3. The van der Waals surface area contributed by atoms with E-state index in [2.05, 4.69) is 39.2 Å². The van der Waals surface area contributed by atoms with Crippen LogP contribution in [0.4, 0.5) is 0 Å². The fourth-order valence-electron chi connectivity index (χ4n) is 4.00. The zero-order chi connectivity index (χ0) is 17.1. The molecular formula is C19H25N5O. The number of rotatable bonds is 4. The summed E-state index contributed by atoms with van der Waals surface area (Å²) in [5, 5.41) is 4.22. The van der Waals surface area contributed by atoms with E-state index in [9.17, 15) is 4.79 Å². The van der Waals surface area contributed by atoms with Gasteiger partial charge in [0.2, 0.25) is 5.91 Å². The quantitative estimate of drug-likeness (QED) is 0.851. The number of hydrogen-bond donors (Lipinski definition) is 0. The van der Waals surface area contributed by atoms with Crippen molar-refractivity contribution in [3.05, 3.63) is 48.0 Å². The molecule has 6 nitrogen and oxygen atoms in total. The number of hydrogen-bond acceptors (Lipinski definition) is 4. The molecule has 3 heterocycles. The molecule has 1 atom stereocenters. The minimum absolute atomic E-state index is 0.250. The van der Waals surface area contributed by atoms with E-state index in [-0.39, 0.29) is 5.91 Å². The number of likely N-dealkylation sites (tertiary alicyclic amines) is 1. The van der Waals surface area contributed by atoms with Crippen LogP contribution in [0.1, 0.15) is 30.4 Å². The molecule has 1 aromatic carbocycles. The monoisotopic (exact) mass is 339 g/mol. The normalized spacial score (nSPS) is 21.1. The van der Waals surface area contributed by atoms with Gasteiger partial charge in [-0.3, -0.25) is 14.4 Å². The standard InChI is InChI=1S/C19H25N5O/c25-19(23-10-8-16-5-1-2-6-17(16)11-23)13-22-9-4-3-7-18(22)12-24-15-20-14-21-24/h1-2,5-6,14-15,18H,3-4,7-13H2. The van der Waals surface area contributed by atoms with Gasteiger partial charge in [-0.15, -0.1) is 0 Å². The van der Waals surface area contributed by atoms with Gasteiger partial charge in [-0.25, -0.2) is 4.98 Å². The molecule has 0 aliphatic carbocycles. The van der Waals surface area contributed by atoms with Gasteiger partial charge in [0.25, 0.3) is 0 Å². The Kier molecular flexibility index (Phi) is 4.78. The first-order valence-corrected chi connectivity index (χ1v) is 9.20. The second kappa shape index (κ2) is 7.35. The van der Waals surface area contributed by atoms with Crippen LogP contribution in [0, 0.1) is 0 Å². The van der Waals surface area contributed by atoms with E-state index in [0.717, 1.165) is 39.0 Å². The molecule has 4 rings (SSSR count). The van der Waals surface area contributed by atoms with Crippen molar-refractivity contribution in [3.63, 3.8) is 0 Å². The summed E-state index contributed by atoms with van der Waals surface area (Å²) in [5.74, 6) is 0.250. The molecule has 2 aliphatic rings. The average Bonchev–Trinajstić information content (AvgIpc) is 3.16. The number of piperidine rings is 1. The number of amides is 1. The van der Waals surface area contributed by atoms with E-state index in [1.807, 2.05) is 9.58 Å². The van der Waals surface area contributed by atoms with Crippen molar-refractivity contribution in [2.45, 2.75) is 44.8 Å². The van der Waals surface area contributed by atoms with Gasteiger partial charge in [0.15, 0.2) is 0 Å². The maximum atomic E-state index is 12.9. The molecule has 0 N–H and O–H groups in total. The molecule has 132 valence electrons. The zero-order valence-electron chi connectivity index (χ0n) is 14.5. The Morgan fingerprint density at radius 3 is 2.88 bits per heavy atom. The van der Waals surface area contributed by atoms with E-state index >= 15 is 0 Å². The minimum atomic E-state index is 0.250. The van der Waals surface area contributed by atoms with Gasteiger partial charge >= 0.3 is 0 Å². The van der Waals surface area contributed by atoms with Crippen LogP contribution in [-0.4, -0.2) is 56.1 Å². The zero-order valence-corrected chi connectivity index (χ0v) is 14.5. The van der Waals surface area contributed by atoms with Crippen LogP contribution < -0.4 is 0 Å². The molecule has 0 radical (unpaired) electrons. The first-order valence-electron chi connectivity index (χ1n) is 9.20. The fourth-order valence-corrected chi connectivity index (χ4v) is 4.00. The lowest BCUT2D eigenvalue weighted by Crippen LogP contribution is -2.49. The molecule has 0 bridgehead atoms. The van der Waals surface area contributed by atoms with Crippen LogP contribution >= 0.6 is 0 Å². The van der Waals surface area contributed by atoms with Gasteiger partial charge in [0.1, 0.15) is 12.7 Å². The maximum absolute atomic E-state index is 12.9. The molecule has 6 heteroatoms. The van der Waals surface area contributed by atoms with Crippen molar-refractivity contribution in [2.24, 2.45) is 0 Å². The van der Waals surface area contributed by atoms with Gasteiger partial charge in [0.05, 0.1) is 13.1 Å². The number of carbonyl (C=O) groups excluding carboxylic acids is 1. The summed E-state index contributed by atoms with van der Waals surface area (Å²) in [5.41, 5.74) is 2.67. The molecule has 0 saturated carbocycles. The van der Waals surface area contributed by atoms with E-state index < -0.39 is 0 Å². The van der Waals surface area contributed by atoms with Crippen molar-refractivity contribution in [2.75, 3.05) is 19.6 Å². The van der Waals surface area contributed by atoms with Crippen molar-refractivity contribution in [1.29, 1.82) is 0 Å². The third-order valence-corrected chi connectivity index (χ3v) is 5.44. The van der Waals surface area contributed by atoms with E-state index in [0.29, 0.717) is 12.6 Å². The number of carbonyl (C=O) groups is 1. The van der Waals surface area contributed by atoms with Crippen LogP contribution in [0.25, 0.3) is 0 Å². The third kappa shape index (κ3) is 3.74. The van der Waals surface area contributed by atoms with Crippen molar-refractivity contribution < 1.29 is 4.79 Å². The predicted octanol–water partition coefficient (Wildman–Crippen LogP) is 1.72. The lowest BCUT2D eigenvalue weighted by Gasteiger charge is -2.37. The van der Waals surface area contributed by atoms with Crippen LogP contribution in [0.3, 0.4) is 0 Å². The summed E-state index contributed by atoms with van der Waals surface area (Å²) in [6.07, 6.45) is 7.81. The van der Waals surface area contributed by atoms with Crippen LogP contribution in [-0.2, 0) is 24.3 Å². The fraction of sp³-hybridized carbons (Fsp3) is 0.526. The number of fused-ring (bicyclic) bond motifs is 1. The number of benzene rings is 1. The Morgan fingerprint density at radius 1 is 1.16 bits per heavy atom. The van der Waals surface area contributed by atoms with E-state index in [1.54, 1.807) is 12.7 Å². The molecule has 1 unspecified atom stereocenters. The first kappa shape index (κ1) is 16.3. The van der Waals surface area contributed by atoms with Crippen LogP contribution in [0.2, 0.25) is 0 Å². The van der Waals surface area contributed by atoms with Gasteiger partial charge < -0.3 is 4.90 Å². The highest BCUT2D eigenvalue weighted by atomic mass is 16.2. The van der Waals surface area contributed by atoms with E-state index in [4.69, 9.17) is 0 Å². The lowest BCUT2D eigenvalue weighted by atomic mass is 9.99. The Balaban J connectivity index is 1.39. The predicted molar refractivity (Wildman–Crippen MR) is 94.8 cm³/mol. The number of aromatic nitrogens is 3. The van der Waals surface area contributed by atoms with Crippen LogP contribution in [0.15, 0.2) is 36.9 Å². The summed E-state index contributed by atoms with van der Waals surface area (Å²) < 4.78 is 1.88. The van der Waals surface area contributed by atoms with Gasteiger partial charge in [-0.1, -0.05) is 30.7 Å². The van der Waals surface area contributed by atoms with Crippen molar-refractivity contribution >= 4 is 5.91 Å².